The summed E-state index contributed by atoms with van der Waals surface area (Å²) in [6.45, 7) is 3.26. The van der Waals surface area contributed by atoms with Crippen molar-refractivity contribution in [3.63, 3.8) is 0 Å². The van der Waals surface area contributed by atoms with Crippen LogP contribution >= 0.6 is 43.5 Å². The van der Waals surface area contributed by atoms with Crippen molar-refractivity contribution in [1.29, 1.82) is 0 Å². The van der Waals surface area contributed by atoms with E-state index in [4.69, 9.17) is 26.1 Å². The van der Waals surface area contributed by atoms with Crippen LogP contribution in [0.4, 0.5) is 0 Å². The molecule has 0 bridgehead atoms. The van der Waals surface area contributed by atoms with Crippen LogP contribution < -0.4 is 10.3 Å². The molecule has 3 aromatic rings. The van der Waals surface area contributed by atoms with Crippen molar-refractivity contribution in [2.24, 2.45) is 5.10 Å². The van der Waals surface area contributed by atoms with Crippen LogP contribution in [0.1, 0.15) is 63.3 Å². The van der Waals surface area contributed by atoms with Crippen molar-refractivity contribution >= 4 is 66.5 Å². The summed E-state index contributed by atoms with van der Waals surface area (Å²) in [4.78, 5) is 30.5. The molecule has 36 heavy (non-hydrogen) atoms. The molecule has 1 aliphatic rings. The fourth-order valence-electron chi connectivity index (χ4n) is 4.28. The van der Waals surface area contributed by atoms with Crippen LogP contribution in [-0.4, -0.2) is 34.6 Å². The number of nitrogens with zero attached hydrogens (tertiary/aromatic N) is 3. The van der Waals surface area contributed by atoms with Gasteiger partial charge in [-0.2, -0.15) is 9.78 Å². The highest BCUT2D eigenvalue weighted by atomic mass is 79.9. The molecule has 0 unspecified atom stereocenters. The Morgan fingerprint density at radius 3 is 2.69 bits per heavy atom. The van der Waals surface area contributed by atoms with Crippen molar-refractivity contribution in [2.75, 3.05) is 6.61 Å². The molecule has 0 spiro atoms. The summed E-state index contributed by atoms with van der Waals surface area (Å²) < 4.78 is 13.6. The lowest BCUT2D eigenvalue weighted by atomic mass is 9.88. The second-order valence-corrected chi connectivity index (χ2v) is 11.2. The highest BCUT2D eigenvalue weighted by Gasteiger charge is 2.23. The smallest absolute Gasteiger partial charge is 0.344 e. The van der Waals surface area contributed by atoms with Gasteiger partial charge in [-0.15, -0.1) is 0 Å². The lowest BCUT2D eigenvalue weighted by Gasteiger charge is -2.22. The van der Waals surface area contributed by atoms with Crippen LogP contribution in [0.3, 0.4) is 0 Å². The summed E-state index contributed by atoms with van der Waals surface area (Å²) in [5.41, 5.74) is 0.901. The summed E-state index contributed by atoms with van der Waals surface area (Å²) in [6, 6.07) is 8.81. The Balaban J connectivity index is 1.77. The number of benzene rings is 2. The Morgan fingerprint density at radius 2 is 1.97 bits per heavy atom. The molecule has 1 saturated carbocycles. The van der Waals surface area contributed by atoms with Gasteiger partial charge in [0.1, 0.15) is 11.6 Å². The van der Waals surface area contributed by atoms with E-state index in [1.165, 1.54) is 17.3 Å². The van der Waals surface area contributed by atoms with Gasteiger partial charge in [0.05, 0.1) is 27.7 Å². The van der Waals surface area contributed by atoms with Crippen LogP contribution in [0.25, 0.3) is 10.9 Å². The van der Waals surface area contributed by atoms with Gasteiger partial charge in [-0.3, -0.25) is 4.79 Å². The Labute approximate surface area is 231 Å². The maximum atomic E-state index is 13.6. The van der Waals surface area contributed by atoms with E-state index in [0.717, 1.165) is 30.2 Å². The number of hydrogen-bond donors (Lipinski definition) is 0. The predicted molar refractivity (Wildman–Crippen MR) is 148 cm³/mol. The highest BCUT2D eigenvalue weighted by Crippen LogP contribution is 2.33. The van der Waals surface area contributed by atoms with Gasteiger partial charge in [0.15, 0.2) is 6.61 Å². The number of carbonyl (C=O) groups excluding carboxylic acids is 1. The molecule has 1 aliphatic carbocycles. The van der Waals surface area contributed by atoms with E-state index in [9.17, 15) is 9.59 Å². The van der Waals surface area contributed by atoms with Gasteiger partial charge >= 0.3 is 5.97 Å². The molecule has 0 atom stereocenters. The summed E-state index contributed by atoms with van der Waals surface area (Å²) in [5, 5.41) is 5.49. The number of halogens is 3. The van der Waals surface area contributed by atoms with Crippen molar-refractivity contribution in [3.05, 3.63) is 66.0 Å². The second kappa shape index (κ2) is 11.9. The SMILES string of the molecule is CC(C)OC(=O)COc1c(Br)cc(Cl)cc1C=Nn1c(C2CCCCC2)nc2ccc(Br)cc2c1=O. The quantitative estimate of drug-likeness (QED) is 0.209. The summed E-state index contributed by atoms with van der Waals surface area (Å²) in [5.74, 6) is 0.668. The molecule has 10 heteroatoms. The van der Waals surface area contributed by atoms with Gasteiger partial charge in [-0.25, -0.2) is 9.78 Å². The van der Waals surface area contributed by atoms with Crippen molar-refractivity contribution < 1.29 is 14.3 Å². The average molecular weight is 640 g/mol. The summed E-state index contributed by atoms with van der Waals surface area (Å²) >= 11 is 13.2. The lowest BCUT2D eigenvalue weighted by molar-refractivity contribution is -0.149. The first-order chi connectivity index (χ1) is 17.2. The van der Waals surface area contributed by atoms with Crippen molar-refractivity contribution in [3.8, 4) is 5.75 Å². The number of hydrogen-bond acceptors (Lipinski definition) is 6. The van der Waals surface area contributed by atoms with E-state index in [2.05, 4.69) is 37.0 Å². The minimum Gasteiger partial charge on any atom is -0.480 e. The number of ether oxygens (including phenoxy) is 2. The molecule has 1 aromatic heterocycles. The molecule has 7 nitrogen and oxygen atoms in total. The van der Waals surface area contributed by atoms with Crippen LogP contribution in [0.5, 0.6) is 5.75 Å². The van der Waals surface area contributed by atoms with Gasteiger partial charge in [0.2, 0.25) is 0 Å². The molecule has 190 valence electrons. The molecule has 0 N–H and O–H groups in total. The molecule has 2 aromatic carbocycles. The second-order valence-electron chi connectivity index (χ2n) is 8.96. The third-order valence-electron chi connectivity index (χ3n) is 5.85. The maximum absolute atomic E-state index is 13.6. The minimum absolute atomic E-state index is 0.143. The molecule has 1 heterocycles. The Bertz CT molecular complexity index is 1370. The molecule has 4 rings (SSSR count). The zero-order valence-corrected chi connectivity index (χ0v) is 23.9. The fourth-order valence-corrected chi connectivity index (χ4v) is 5.59. The van der Waals surface area contributed by atoms with E-state index in [0.29, 0.717) is 37.5 Å². The van der Waals surface area contributed by atoms with Crippen LogP contribution in [0, 0.1) is 0 Å². The van der Waals surface area contributed by atoms with Crippen LogP contribution in [-0.2, 0) is 9.53 Å². The van der Waals surface area contributed by atoms with E-state index < -0.39 is 5.97 Å². The third kappa shape index (κ3) is 6.36. The van der Waals surface area contributed by atoms with Crippen molar-refractivity contribution in [2.45, 2.75) is 58.0 Å². The van der Waals surface area contributed by atoms with Gasteiger partial charge < -0.3 is 9.47 Å². The largest absolute Gasteiger partial charge is 0.480 e. The lowest BCUT2D eigenvalue weighted by Crippen LogP contribution is -2.25. The Kier molecular flexibility index (Phi) is 8.85. The van der Waals surface area contributed by atoms with E-state index in [1.54, 1.807) is 32.0 Å². The summed E-state index contributed by atoms with van der Waals surface area (Å²) in [7, 11) is 0. The molecule has 0 aliphatic heterocycles. The zero-order valence-electron chi connectivity index (χ0n) is 20.0. The number of rotatable bonds is 7. The fraction of sp³-hybridized carbons (Fsp3) is 0.385. The first-order valence-corrected chi connectivity index (χ1v) is 13.8. The monoisotopic (exact) mass is 637 g/mol. The van der Waals surface area contributed by atoms with Gasteiger partial charge in [0.25, 0.3) is 5.56 Å². The normalized spacial score (nSPS) is 14.6. The minimum atomic E-state index is -0.491. The Hall–Kier alpha value is -2.23. The van der Waals surface area contributed by atoms with Crippen LogP contribution in [0.2, 0.25) is 5.02 Å². The van der Waals surface area contributed by atoms with Gasteiger partial charge in [-0.05, 0) is 73.0 Å². The standard InChI is InChI=1S/C26H26Br2ClN3O4/c1-15(2)36-23(33)14-35-24-17(10-19(29)12-21(24)28)13-30-32-25(16-6-4-3-5-7-16)31-22-9-8-18(27)11-20(22)26(32)34/h8-13,15-16H,3-7,14H2,1-2H3. The number of esters is 1. The molecule has 1 fully saturated rings. The van der Waals surface area contributed by atoms with Gasteiger partial charge in [0, 0.05) is 21.0 Å². The van der Waals surface area contributed by atoms with E-state index >= 15 is 0 Å². The molecule has 0 radical (unpaired) electrons. The number of aromatic nitrogens is 2. The number of fused-ring (bicyclic) bond motifs is 1. The summed E-state index contributed by atoms with van der Waals surface area (Å²) in [6.07, 6.45) is 6.54. The van der Waals surface area contributed by atoms with E-state index in [-0.39, 0.29) is 24.2 Å². The van der Waals surface area contributed by atoms with Gasteiger partial charge in [-0.1, -0.05) is 46.8 Å². The maximum Gasteiger partial charge on any atom is 0.344 e. The molecular weight excluding hydrogens is 614 g/mol. The third-order valence-corrected chi connectivity index (χ3v) is 7.16. The highest BCUT2D eigenvalue weighted by molar-refractivity contribution is 9.10. The molecule has 0 saturated heterocycles. The average Bonchev–Trinajstić information content (AvgIpc) is 2.83. The van der Waals surface area contributed by atoms with E-state index in [1.807, 2.05) is 12.1 Å². The predicted octanol–water partition coefficient (Wildman–Crippen LogP) is 6.84. The van der Waals surface area contributed by atoms with Crippen LogP contribution in [0.15, 0.2) is 49.2 Å². The zero-order chi connectivity index (χ0) is 25.8. The first kappa shape index (κ1) is 26.8. The molecule has 0 amide bonds. The number of carbonyl (C=O) groups is 1. The van der Waals surface area contributed by atoms with Crippen molar-refractivity contribution in [1.82, 2.24) is 9.66 Å². The topological polar surface area (TPSA) is 82.8 Å². The Morgan fingerprint density at radius 1 is 1.22 bits per heavy atom. The first-order valence-electron chi connectivity index (χ1n) is 11.8. The molecular formula is C26H26Br2ClN3O4.